The van der Waals surface area contributed by atoms with Gasteiger partial charge in [-0.25, -0.2) is 4.79 Å². The summed E-state index contributed by atoms with van der Waals surface area (Å²) in [6.07, 6.45) is 1.79. The summed E-state index contributed by atoms with van der Waals surface area (Å²) >= 11 is 0. The number of carbonyl (C=O) groups is 1. The summed E-state index contributed by atoms with van der Waals surface area (Å²) in [4.78, 5) is 11.7. The molecule has 6 nitrogen and oxygen atoms in total. The Morgan fingerprint density at radius 2 is 2.00 bits per heavy atom. The molecular formula is C16H22N2O4. The van der Waals surface area contributed by atoms with Gasteiger partial charge < -0.3 is 24.8 Å². The van der Waals surface area contributed by atoms with Gasteiger partial charge in [0.15, 0.2) is 11.5 Å². The van der Waals surface area contributed by atoms with E-state index in [0.29, 0.717) is 32.2 Å². The molecule has 1 atom stereocenters. The molecule has 22 heavy (non-hydrogen) atoms. The van der Waals surface area contributed by atoms with Crippen molar-refractivity contribution >= 4 is 6.03 Å². The largest absolute Gasteiger partial charge is 0.486 e. The standard InChI is InChI=1S/C16H22N2O4/c19-16(18-10-13-4-6-20-11-13)17-5-3-12-1-2-14-15(9-12)22-8-7-21-14/h1-2,9,13H,3-8,10-11H2,(H2,17,18,19). The number of urea groups is 1. The van der Waals surface area contributed by atoms with E-state index in [1.54, 1.807) is 0 Å². The van der Waals surface area contributed by atoms with Crippen molar-refractivity contribution in [3.8, 4) is 11.5 Å². The van der Waals surface area contributed by atoms with Crippen molar-refractivity contribution in [3.63, 3.8) is 0 Å². The second kappa shape index (κ2) is 7.35. The first kappa shape index (κ1) is 15.0. The van der Waals surface area contributed by atoms with E-state index >= 15 is 0 Å². The summed E-state index contributed by atoms with van der Waals surface area (Å²) in [5.41, 5.74) is 1.12. The number of rotatable bonds is 5. The van der Waals surface area contributed by atoms with Crippen LogP contribution in [0.4, 0.5) is 4.79 Å². The molecular weight excluding hydrogens is 284 g/mol. The van der Waals surface area contributed by atoms with Crippen LogP contribution in [0.2, 0.25) is 0 Å². The monoisotopic (exact) mass is 306 g/mol. The van der Waals surface area contributed by atoms with Gasteiger partial charge >= 0.3 is 6.03 Å². The third-order valence-corrected chi connectivity index (χ3v) is 3.88. The molecule has 1 unspecified atom stereocenters. The molecule has 3 rings (SSSR count). The topological polar surface area (TPSA) is 68.8 Å². The quantitative estimate of drug-likeness (QED) is 0.861. The SMILES string of the molecule is O=C(NCCc1ccc2c(c1)OCCO2)NCC1CCOC1. The number of nitrogens with one attached hydrogen (secondary N) is 2. The Labute approximate surface area is 130 Å². The van der Waals surface area contributed by atoms with E-state index in [2.05, 4.69) is 10.6 Å². The Morgan fingerprint density at radius 1 is 1.14 bits per heavy atom. The number of hydrogen-bond donors (Lipinski definition) is 2. The highest BCUT2D eigenvalue weighted by Crippen LogP contribution is 2.30. The van der Waals surface area contributed by atoms with Crippen LogP contribution in [0.15, 0.2) is 18.2 Å². The van der Waals surface area contributed by atoms with Crippen LogP contribution >= 0.6 is 0 Å². The zero-order valence-corrected chi connectivity index (χ0v) is 12.6. The highest BCUT2D eigenvalue weighted by Gasteiger charge is 2.16. The van der Waals surface area contributed by atoms with Crippen LogP contribution in [0, 0.1) is 5.92 Å². The van der Waals surface area contributed by atoms with E-state index in [1.165, 1.54) is 0 Å². The zero-order valence-electron chi connectivity index (χ0n) is 12.6. The summed E-state index contributed by atoms with van der Waals surface area (Å²) in [5, 5.41) is 5.76. The van der Waals surface area contributed by atoms with Crippen molar-refractivity contribution in [1.82, 2.24) is 10.6 Å². The fourth-order valence-corrected chi connectivity index (χ4v) is 2.61. The molecule has 6 heteroatoms. The Hall–Kier alpha value is -1.95. The molecule has 2 aliphatic heterocycles. The molecule has 2 N–H and O–H groups in total. The number of fused-ring (bicyclic) bond motifs is 1. The lowest BCUT2D eigenvalue weighted by molar-refractivity contribution is 0.171. The maximum atomic E-state index is 11.7. The van der Waals surface area contributed by atoms with E-state index in [1.807, 2.05) is 18.2 Å². The van der Waals surface area contributed by atoms with Crippen molar-refractivity contribution in [2.24, 2.45) is 5.92 Å². The molecule has 2 amide bonds. The summed E-state index contributed by atoms with van der Waals surface area (Å²) < 4.78 is 16.3. The lowest BCUT2D eigenvalue weighted by atomic mass is 10.1. The highest BCUT2D eigenvalue weighted by atomic mass is 16.6. The molecule has 1 saturated heterocycles. The predicted molar refractivity (Wildman–Crippen MR) is 81.5 cm³/mol. The molecule has 1 aromatic rings. The normalized spacial score (nSPS) is 19.7. The first-order chi connectivity index (χ1) is 10.8. The van der Waals surface area contributed by atoms with Gasteiger partial charge in [0.1, 0.15) is 13.2 Å². The first-order valence-electron chi connectivity index (χ1n) is 7.79. The summed E-state index contributed by atoms with van der Waals surface area (Å²) in [5.74, 6) is 2.03. The van der Waals surface area contributed by atoms with Gasteiger partial charge in [-0.1, -0.05) is 6.07 Å². The fraction of sp³-hybridized carbons (Fsp3) is 0.562. The Kier molecular flexibility index (Phi) is 5.00. The van der Waals surface area contributed by atoms with Gasteiger partial charge in [-0.2, -0.15) is 0 Å². The average Bonchev–Trinajstić information content (AvgIpc) is 3.06. The zero-order chi connectivity index (χ0) is 15.2. The minimum absolute atomic E-state index is 0.121. The van der Waals surface area contributed by atoms with Gasteiger partial charge in [-0.15, -0.1) is 0 Å². The van der Waals surface area contributed by atoms with Crippen LogP contribution in [-0.2, 0) is 11.2 Å². The van der Waals surface area contributed by atoms with Crippen LogP contribution in [0.25, 0.3) is 0 Å². The van der Waals surface area contributed by atoms with Crippen LogP contribution in [0.1, 0.15) is 12.0 Å². The molecule has 2 heterocycles. The van der Waals surface area contributed by atoms with Gasteiger partial charge in [-0.3, -0.25) is 0 Å². The van der Waals surface area contributed by atoms with E-state index in [9.17, 15) is 4.79 Å². The summed E-state index contributed by atoms with van der Waals surface area (Å²) in [7, 11) is 0. The molecule has 1 fully saturated rings. The van der Waals surface area contributed by atoms with Gasteiger partial charge in [0.2, 0.25) is 0 Å². The maximum Gasteiger partial charge on any atom is 0.314 e. The highest BCUT2D eigenvalue weighted by molar-refractivity contribution is 5.73. The molecule has 0 bridgehead atoms. The van der Waals surface area contributed by atoms with Crippen molar-refractivity contribution in [2.75, 3.05) is 39.5 Å². The number of hydrogen-bond acceptors (Lipinski definition) is 4. The molecule has 0 spiro atoms. The number of amides is 2. The van der Waals surface area contributed by atoms with Crippen molar-refractivity contribution in [1.29, 1.82) is 0 Å². The summed E-state index contributed by atoms with van der Waals surface area (Å²) in [6, 6.07) is 5.78. The Balaban J connectivity index is 1.38. The average molecular weight is 306 g/mol. The van der Waals surface area contributed by atoms with Gasteiger partial charge in [-0.05, 0) is 30.5 Å². The second-order valence-corrected chi connectivity index (χ2v) is 5.59. The van der Waals surface area contributed by atoms with E-state index in [-0.39, 0.29) is 6.03 Å². The van der Waals surface area contributed by atoms with Crippen molar-refractivity contribution < 1.29 is 19.0 Å². The molecule has 0 radical (unpaired) electrons. The maximum absolute atomic E-state index is 11.7. The Morgan fingerprint density at radius 3 is 2.82 bits per heavy atom. The van der Waals surface area contributed by atoms with Crippen molar-refractivity contribution in [3.05, 3.63) is 23.8 Å². The second-order valence-electron chi connectivity index (χ2n) is 5.59. The minimum Gasteiger partial charge on any atom is -0.486 e. The molecule has 1 aromatic carbocycles. The van der Waals surface area contributed by atoms with Crippen LogP contribution < -0.4 is 20.1 Å². The van der Waals surface area contributed by atoms with E-state index < -0.39 is 0 Å². The molecule has 0 aliphatic carbocycles. The smallest absolute Gasteiger partial charge is 0.314 e. The van der Waals surface area contributed by atoms with Gasteiger partial charge in [0.05, 0.1) is 6.61 Å². The lowest BCUT2D eigenvalue weighted by Gasteiger charge is -2.19. The van der Waals surface area contributed by atoms with Crippen LogP contribution in [0.3, 0.4) is 0 Å². The predicted octanol–water partition coefficient (Wildman–Crippen LogP) is 1.34. The van der Waals surface area contributed by atoms with Gasteiger partial charge in [0, 0.05) is 25.6 Å². The lowest BCUT2D eigenvalue weighted by Crippen LogP contribution is -2.39. The Bertz CT molecular complexity index is 515. The van der Waals surface area contributed by atoms with Crippen LogP contribution in [-0.4, -0.2) is 45.5 Å². The van der Waals surface area contributed by atoms with E-state index in [4.69, 9.17) is 14.2 Å². The fourth-order valence-electron chi connectivity index (χ4n) is 2.61. The number of benzene rings is 1. The van der Waals surface area contributed by atoms with Gasteiger partial charge in [0.25, 0.3) is 0 Å². The molecule has 0 aromatic heterocycles. The number of ether oxygens (including phenoxy) is 3. The summed E-state index contributed by atoms with van der Waals surface area (Å²) in [6.45, 7) is 4.00. The third-order valence-electron chi connectivity index (χ3n) is 3.88. The van der Waals surface area contributed by atoms with E-state index in [0.717, 1.165) is 43.1 Å². The number of carbonyl (C=O) groups excluding carboxylic acids is 1. The van der Waals surface area contributed by atoms with Crippen molar-refractivity contribution in [2.45, 2.75) is 12.8 Å². The molecule has 2 aliphatic rings. The molecule has 0 saturated carbocycles. The molecule has 120 valence electrons. The minimum atomic E-state index is -0.121. The first-order valence-corrected chi connectivity index (χ1v) is 7.79. The van der Waals surface area contributed by atoms with Crippen LogP contribution in [0.5, 0.6) is 11.5 Å². The third kappa shape index (κ3) is 4.04.